The van der Waals surface area contributed by atoms with E-state index in [4.69, 9.17) is 199 Å². The molecule has 0 aliphatic rings. The Morgan fingerprint density at radius 3 is 0.464 bits per heavy atom. The van der Waals surface area contributed by atoms with Crippen molar-refractivity contribution in [2.75, 3.05) is 555 Å². The summed E-state index contributed by atoms with van der Waals surface area (Å²) in [5.41, 5.74) is -0.109. The van der Waals surface area contributed by atoms with Crippen molar-refractivity contribution in [3.8, 4) is 0 Å². The lowest BCUT2D eigenvalue weighted by molar-refractivity contribution is -0.0757. The monoisotopic (exact) mass is 2040 g/mol. The van der Waals surface area contributed by atoms with Crippen LogP contribution in [0.3, 0.4) is 0 Å². The Labute approximate surface area is 831 Å². The summed E-state index contributed by atoms with van der Waals surface area (Å²) in [4.78, 5) is 37.8. The summed E-state index contributed by atoms with van der Waals surface area (Å²) in [5.74, 6) is -0.953. The quantitative estimate of drug-likeness (QED) is 0.0529. The molecule has 1 aromatic heterocycles. The van der Waals surface area contributed by atoms with Gasteiger partial charge in [0.1, 0.15) is 13.6 Å². The normalized spacial score (nSPS) is 11.7. The van der Waals surface area contributed by atoms with Gasteiger partial charge in [-0.05, 0) is 25.7 Å². The van der Waals surface area contributed by atoms with Crippen molar-refractivity contribution in [3.05, 3.63) is 11.4 Å². The van der Waals surface area contributed by atoms with Gasteiger partial charge in [-0.3, -0.25) is 9.59 Å². The Bertz CT molecular complexity index is 2410. The predicted octanol–water partition coefficient (Wildman–Crippen LogP) is 1.42. The van der Waals surface area contributed by atoms with Gasteiger partial charge in [-0.15, -0.1) is 0 Å². The van der Waals surface area contributed by atoms with E-state index in [-0.39, 0.29) is 76.1 Å². The molecule has 1 aromatic rings. The number of amides is 2. The molecular weight excluding hydrogens is 1860 g/mol. The molecule has 0 unspecified atom stereocenters. The number of hydrogen-bond donors (Lipinski definition) is 4. The predicted molar refractivity (Wildman–Crippen MR) is 509 cm³/mol. The molecule has 0 aliphatic heterocycles. The Kier molecular flexibility index (Phi) is 115. The van der Waals surface area contributed by atoms with Crippen molar-refractivity contribution in [1.29, 1.82) is 0 Å². The molecule has 0 radical (unpaired) electrons. The number of methoxy groups -OCH3 is 4. The van der Waals surface area contributed by atoms with E-state index in [0.29, 0.717) is 475 Å². The summed E-state index contributed by atoms with van der Waals surface area (Å²) in [6.07, 6.45) is 2.63. The lowest BCUT2D eigenvalue weighted by atomic mass is 10.3. The SMILES string of the molecule is COCCCOCOCCOCCOCCOCCOCCOCCCNc1nc(C(=O)NCCOCCOCCOCCOCCOCCOCCOCCOCCOCCOCCOCCOC)c(NCCCOCCOCCOCCOCCOCCOCOCCCOC)nc1C(=O)NCCOCCOCCOCCOCCOCCOCCOCCOCCOCCOCCOCCOC. The van der Waals surface area contributed by atoms with Crippen molar-refractivity contribution in [3.63, 3.8) is 0 Å². The minimum atomic E-state index is -0.556. The van der Waals surface area contributed by atoms with Crippen molar-refractivity contribution in [2.24, 2.45) is 0 Å². The molecule has 1 rings (SSSR count). The maximum Gasteiger partial charge on any atom is 0.273 e. The highest BCUT2D eigenvalue weighted by molar-refractivity contribution is 6.01. The van der Waals surface area contributed by atoms with Gasteiger partial charge in [-0.25, -0.2) is 9.97 Å². The summed E-state index contributed by atoms with van der Waals surface area (Å²) in [7, 11) is 6.59. The third-order valence-electron chi connectivity index (χ3n) is 17.5. The molecule has 48 nitrogen and oxygen atoms in total. The molecule has 140 heavy (non-hydrogen) atoms. The average Bonchev–Trinajstić information content (AvgIpc) is 0.803. The van der Waals surface area contributed by atoms with Gasteiger partial charge >= 0.3 is 0 Å². The first-order chi connectivity index (χ1) is 69.6. The van der Waals surface area contributed by atoms with E-state index >= 15 is 0 Å². The second kappa shape index (κ2) is 120. The van der Waals surface area contributed by atoms with Crippen molar-refractivity contribution in [1.82, 2.24) is 20.6 Å². The van der Waals surface area contributed by atoms with Crippen LogP contribution in [0.25, 0.3) is 0 Å². The molecule has 0 aliphatic carbocycles. The lowest BCUT2D eigenvalue weighted by Gasteiger charge is -2.17. The van der Waals surface area contributed by atoms with Crippen LogP contribution in [0.2, 0.25) is 0 Å². The largest absolute Gasteiger partial charge is 0.385 e. The summed E-state index contributed by atoms with van der Waals surface area (Å²) in [6, 6.07) is 0. The first kappa shape index (κ1) is 134. The number of nitrogens with zero attached hydrogens (tertiary/aromatic N) is 2. The van der Waals surface area contributed by atoms with Gasteiger partial charge in [0.2, 0.25) is 0 Å². The molecule has 0 saturated heterocycles. The van der Waals surface area contributed by atoms with Crippen LogP contribution in [0.5, 0.6) is 0 Å². The van der Waals surface area contributed by atoms with Gasteiger partial charge < -0.3 is 211 Å². The maximum absolute atomic E-state index is 14.2. The van der Waals surface area contributed by atoms with E-state index in [0.717, 1.165) is 12.8 Å². The van der Waals surface area contributed by atoms with Gasteiger partial charge in [-0.1, -0.05) is 0 Å². The van der Waals surface area contributed by atoms with E-state index in [2.05, 4.69) is 21.3 Å². The van der Waals surface area contributed by atoms with E-state index in [1.165, 1.54) is 0 Å². The summed E-state index contributed by atoms with van der Waals surface area (Å²) >= 11 is 0. The summed E-state index contributed by atoms with van der Waals surface area (Å²) < 4.78 is 220. The summed E-state index contributed by atoms with van der Waals surface area (Å²) in [6.45, 7) is 32.4. The van der Waals surface area contributed by atoms with Crippen LogP contribution in [0.1, 0.15) is 46.7 Å². The standard InChI is InChI=1S/C92H180N6O42/c1-101-13-7-17-137-85-139-83-81-135-79-77-133-75-73-117-41-37-111-29-25-105-15-5-9-93-89-87(91(99)95-11-19-107-27-31-113-39-43-119-49-51-123-57-59-127-65-67-131-71-69-129-63-61-125-55-53-121-47-45-115-35-33-109-23-21-103-3)98-90(94-10-6-16-106-26-30-112-38-42-118-74-76-134-78-80-136-82-84-140-86-138-18-8-14-102-2)88(97-89)92(100)96-12-20-108-28-32-114-40-44-120-50-52-124-58-60-128-66-68-132-72-70-130-64-62-126-56-54-122-48-46-116-36-34-110-24-22-104-4/h5-86H2,1-4H3,(H,93,97)(H,94,98)(H,95,99)(H,96,100). The molecular formula is C92H180N6O42. The van der Waals surface area contributed by atoms with E-state index in [1.807, 2.05) is 0 Å². The fraction of sp³-hybridized carbons (Fsp3) is 0.935. The molecule has 0 aromatic carbocycles. The number of ether oxygens (including phenoxy) is 40. The third kappa shape index (κ3) is 105. The van der Waals surface area contributed by atoms with Gasteiger partial charge in [0, 0.05) is 81.0 Å². The zero-order valence-corrected chi connectivity index (χ0v) is 85.0. The zero-order valence-electron chi connectivity index (χ0n) is 85.0. The van der Waals surface area contributed by atoms with Gasteiger partial charge in [0.05, 0.1) is 449 Å². The molecule has 0 spiro atoms. The molecule has 48 heteroatoms. The fourth-order valence-electron chi connectivity index (χ4n) is 10.5. The van der Waals surface area contributed by atoms with Crippen LogP contribution in [0.4, 0.5) is 11.6 Å². The maximum atomic E-state index is 14.2. The number of carbonyl (C=O) groups is 2. The molecule has 2 amide bonds. The number of aromatic nitrogens is 2. The Morgan fingerprint density at radius 1 is 0.157 bits per heavy atom. The molecule has 0 atom stereocenters. The van der Waals surface area contributed by atoms with Crippen LogP contribution < -0.4 is 21.3 Å². The molecule has 0 bridgehead atoms. The van der Waals surface area contributed by atoms with Gasteiger partial charge in [0.15, 0.2) is 23.0 Å². The third-order valence-corrected chi connectivity index (χ3v) is 17.5. The molecule has 0 fully saturated rings. The highest BCUT2D eigenvalue weighted by Crippen LogP contribution is 2.20. The lowest BCUT2D eigenvalue weighted by Crippen LogP contribution is -2.33. The van der Waals surface area contributed by atoms with E-state index < -0.39 is 11.8 Å². The van der Waals surface area contributed by atoms with Crippen LogP contribution in [-0.2, 0) is 189 Å². The minimum Gasteiger partial charge on any atom is -0.385 e. The van der Waals surface area contributed by atoms with Crippen molar-refractivity contribution in [2.45, 2.75) is 25.7 Å². The second-order valence-corrected chi connectivity index (χ2v) is 28.8. The number of anilines is 2. The fourth-order valence-corrected chi connectivity index (χ4v) is 10.5. The Hall–Kier alpha value is -3.98. The average molecular weight is 2040 g/mol. The van der Waals surface area contributed by atoms with Crippen LogP contribution >= 0.6 is 0 Å². The first-order valence-electron chi connectivity index (χ1n) is 49.3. The van der Waals surface area contributed by atoms with Gasteiger partial charge in [-0.2, -0.15) is 0 Å². The number of nitrogens with one attached hydrogen (secondary N) is 4. The highest BCUT2D eigenvalue weighted by atomic mass is 16.7. The van der Waals surface area contributed by atoms with Crippen LogP contribution in [-0.4, -0.2) is 566 Å². The number of rotatable bonds is 126. The van der Waals surface area contributed by atoms with E-state index in [1.54, 1.807) is 28.4 Å². The minimum absolute atomic E-state index is 0.0544. The van der Waals surface area contributed by atoms with Crippen molar-refractivity contribution < 1.29 is 199 Å². The number of hydrogen-bond acceptors (Lipinski definition) is 46. The molecule has 0 saturated carbocycles. The molecule has 4 N–H and O–H groups in total. The van der Waals surface area contributed by atoms with Crippen LogP contribution in [0.15, 0.2) is 0 Å². The van der Waals surface area contributed by atoms with Crippen molar-refractivity contribution >= 4 is 23.5 Å². The van der Waals surface area contributed by atoms with E-state index in [9.17, 15) is 9.59 Å². The summed E-state index contributed by atoms with van der Waals surface area (Å²) in [5, 5.41) is 12.2. The number of carbonyl (C=O) groups excluding carboxylic acids is 2. The second-order valence-electron chi connectivity index (χ2n) is 28.8. The highest BCUT2D eigenvalue weighted by Gasteiger charge is 2.24. The molecule has 1 heterocycles. The Balaban J connectivity index is 2.68. The smallest absolute Gasteiger partial charge is 0.273 e. The zero-order chi connectivity index (χ0) is 100.0. The topological polar surface area (TPSA) is 477 Å². The van der Waals surface area contributed by atoms with Gasteiger partial charge in [0.25, 0.3) is 11.8 Å². The molecule has 830 valence electrons. The Morgan fingerprint density at radius 2 is 0.293 bits per heavy atom. The first-order valence-corrected chi connectivity index (χ1v) is 49.3. The van der Waals surface area contributed by atoms with Crippen LogP contribution in [0, 0.1) is 0 Å².